The fourth-order valence-electron chi connectivity index (χ4n) is 2.27. The van der Waals surface area contributed by atoms with Crippen LogP contribution in [0.5, 0.6) is 5.75 Å². The summed E-state index contributed by atoms with van der Waals surface area (Å²) in [6, 6.07) is 14.2. The Kier molecular flexibility index (Phi) is 11.4. The van der Waals surface area contributed by atoms with E-state index in [9.17, 15) is 4.39 Å². The van der Waals surface area contributed by atoms with Crippen LogP contribution in [-0.4, -0.2) is 32.8 Å². The molecule has 0 aromatic heterocycles. The number of hydrogen-bond acceptors (Lipinski definition) is 3. The summed E-state index contributed by atoms with van der Waals surface area (Å²) in [7, 11) is 1.67. The topological polar surface area (TPSA) is 54.9 Å². The van der Waals surface area contributed by atoms with Crippen LogP contribution in [0, 0.1) is 5.82 Å². The number of guanidine groups is 1. The molecule has 0 bridgehead atoms. The standard InChI is InChI=1S/C20H26FN3O2.HI/c1-3-22-20(23-11-12-25-2)24-14-16-7-9-19(10-8-16)26-15-17-5-4-6-18(21)13-17;/h4-10,13H,3,11-12,14-15H2,1-2H3,(H2,22,23,24);1H. The summed E-state index contributed by atoms with van der Waals surface area (Å²) in [5, 5.41) is 6.40. The van der Waals surface area contributed by atoms with Gasteiger partial charge in [0.2, 0.25) is 0 Å². The van der Waals surface area contributed by atoms with E-state index in [2.05, 4.69) is 15.6 Å². The van der Waals surface area contributed by atoms with Gasteiger partial charge in [-0.05, 0) is 42.3 Å². The summed E-state index contributed by atoms with van der Waals surface area (Å²) >= 11 is 0. The Labute approximate surface area is 177 Å². The summed E-state index contributed by atoms with van der Waals surface area (Å²) in [6.45, 7) is 5.05. The third kappa shape index (κ3) is 9.05. The van der Waals surface area contributed by atoms with Crippen LogP contribution in [0.15, 0.2) is 53.5 Å². The minimum atomic E-state index is -0.255. The number of halogens is 2. The monoisotopic (exact) mass is 487 g/mol. The van der Waals surface area contributed by atoms with E-state index < -0.39 is 0 Å². The Hall–Kier alpha value is -1.87. The fourth-order valence-corrected chi connectivity index (χ4v) is 2.27. The van der Waals surface area contributed by atoms with Gasteiger partial charge in [0.15, 0.2) is 5.96 Å². The molecule has 148 valence electrons. The van der Waals surface area contributed by atoms with Crippen molar-refractivity contribution in [2.45, 2.75) is 20.1 Å². The van der Waals surface area contributed by atoms with Crippen LogP contribution in [-0.2, 0) is 17.9 Å². The number of nitrogens with zero attached hydrogens (tertiary/aromatic N) is 1. The second-order valence-electron chi connectivity index (χ2n) is 5.68. The number of benzene rings is 2. The third-order valence-corrected chi connectivity index (χ3v) is 3.58. The maximum atomic E-state index is 13.2. The van der Waals surface area contributed by atoms with Crippen LogP contribution in [0.3, 0.4) is 0 Å². The first-order valence-corrected chi connectivity index (χ1v) is 8.68. The van der Waals surface area contributed by atoms with Crippen molar-refractivity contribution in [1.82, 2.24) is 10.6 Å². The van der Waals surface area contributed by atoms with Crippen molar-refractivity contribution in [2.24, 2.45) is 4.99 Å². The minimum Gasteiger partial charge on any atom is -0.489 e. The Bertz CT molecular complexity index is 696. The highest BCUT2D eigenvalue weighted by molar-refractivity contribution is 14.0. The molecule has 0 saturated heterocycles. The van der Waals surface area contributed by atoms with Crippen molar-refractivity contribution in [3.63, 3.8) is 0 Å². The maximum absolute atomic E-state index is 13.2. The van der Waals surface area contributed by atoms with Gasteiger partial charge in [0.05, 0.1) is 13.2 Å². The maximum Gasteiger partial charge on any atom is 0.191 e. The number of aliphatic imine (C=N–C) groups is 1. The molecule has 27 heavy (non-hydrogen) atoms. The zero-order chi connectivity index (χ0) is 18.6. The molecule has 0 unspecified atom stereocenters. The largest absolute Gasteiger partial charge is 0.489 e. The van der Waals surface area contributed by atoms with E-state index in [1.807, 2.05) is 37.3 Å². The summed E-state index contributed by atoms with van der Waals surface area (Å²) in [5.74, 6) is 1.25. The second kappa shape index (κ2) is 13.3. The molecule has 2 rings (SSSR count). The van der Waals surface area contributed by atoms with Gasteiger partial charge in [-0.3, -0.25) is 0 Å². The molecule has 0 aliphatic rings. The van der Waals surface area contributed by atoms with Gasteiger partial charge in [-0.1, -0.05) is 24.3 Å². The zero-order valence-electron chi connectivity index (χ0n) is 15.7. The van der Waals surface area contributed by atoms with Crippen LogP contribution < -0.4 is 15.4 Å². The molecule has 7 heteroatoms. The average Bonchev–Trinajstić information content (AvgIpc) is 2.65. The number of methoxy groups -OCH3 is 1. The molecule has 0 heterocycles. The van der Waals surface area contributed by atoms with Crippen molar-refractivity contribution in [2.75, 3.05) is 26.8 Å². The smallest absolute Gasteiger partial charge is 0.191 e. The van der Waals surface area contributed by atoms with E-state index in [-0.39, 0.29) is 29.8 Å². The van der Waals surface area contributed by atoms with Crippen LogP contribution in [0.2, 0.25) is 0 Å². The predicted molar refractivity (Wildman–Crippen MR) is 117 cm³/mol. The number of rotatable bonds is 9. The normalized spacial score (nSPS) is 10.9. The fraction of sp³-hybridized carbons (Fsp3) is 0.350. The molecule has 0 spiro atoms. The van der Waals surface area contributed by atoms with Gasteiger partial charge in [-0.2, -0.15) is 0 Å². The molecule has 0 aliphatic heterocycles. The molecule has 0 saturated carbocycles. The molecule has 0 fully saturated rings. The van der Waals surface area contributed by atoms with Crippen molar-refractivity contribution in [1.29, 1.82) is 0 Å². The third-order valence-electron chi connectivity index (χ3n) is 3.58. The Balaban J connectivity index is 0.00000364. The molecule has 0 aliphatic carbocycles. The van der Waals surface area contributed by atoms with Crippen molar-refractivity contribution in [3.05, 3.63) is 65.5 Å². The van der Waals surface area contributed by atoms with Crippen LogP contribution in [0.1, 0.15) is 18.1 Å². The average molecular weight is 487 g/mol. The van der Waals surface area contributed by atoms with Crippen molar-refractivity contribution >= 4 is 29.9 Å². The first-order chi connectivity index (χ1) is 12.7. The highest BCUT2D eigenvalue weighted by atomic mass is 127. The second-order valence-corrected chi connectivity index (χ2v) is 5.68. The van der Waals surface area contributed by atoms with E-state index in [4.69, 9.17) is 9.47 Å². The summed E-state index contributed by atoms with van der Waals surface area (Å²) in [5.41, 5.74) is 1.88. The van der Waals surface area contributed by atoms with Gasteiger partial charge < -0.3 is 20.1 Å². The summed E-state index contributed by atoms with van der Waals surface area (Å²) in [4.78, 5) is 4.54. The molecule has 2 aromatic carbocycles. The predicted octanol–water partition coefficient (Wildman–Crippen LogP) is 3.72. The van der Waals surface area contributed by atoms with Gasteiger partial charge in [0.25, 0.3) is 0 Å². The number of ether oxygens (including phenoxy) is 2. The van der Waals surface area contributed by atoms with Crippen molar-refractivity contribution in [3.8, 4) is 5.75 Å². The highest BCUT2D eigenvalue weighted by Gasteiger charge is 2.00. The van der Waals surface area contributed by atoms with Gasteiger partial charge in [-0.15, -0.1) is 24.0 Å². The lowest BCUT2D eigenvalue weighted by atomic mass is 10.2. The van der Waals surface area contributed by atoms with Crippen LogP contribution in [0.4, 0.5) is 4.39 Å². The quantitative estimate of drug-likeness (QED) is 0.245. The first kappa shape index (κ1) is 23.2. The molecule has 5 nitrogen and oxygen atoms in total. The van der Waals surface area contributed by atoms with E-state index >= 15 is 0 Å². The van der Waals surface area contributed by atoms with Crippen molar-refractivity contribution < 1.29 is 13.9 Å². The Morgan fingerprint density at radius 3 is 2.52 bits per heavy atom. The van der Waals surface area contributed by atoms with Gasteiger partial charge in [0, 0.05) is 20.2 Å². The minimum absolute atomic E-state index is 0. The molecule has 2 aromatic rings. The molecule has 0 radical (unpaired) electrons. The molecule has 0 amide bonds. The Morgan fingerprint density at radius 2 is 1.85 bits per heavy atom. The zero-order valence-corrected chi connectivity index (χ0v) is 18.0. The number of nitrogens with one attached hydrogen (secondary N) is 2. The van der Waals surface area contributed by atoms with Gasteiger partial charge >= 0.3 is 0 Å². The lowest BCUT2D eigenvalue weighted by Crippen LogP contribution is -2.38. The highest BCUT2D eigenvalue weighted by Crippen LogP contribution is 2.15. The van der Waals surface area contributed by atoms with E-state index in [1.165, 1.54) is 12.1 Å². The molecular weight excluding hydrogens is 460 g/mol. The summed E-state index contributed by atoms with van der Waals surface area (Å²) in [6.07, 6.45) is 0. The van der Waals surface area contributed by atoms with Crippen LogP contribution >= 0.6 is 24.0 Å². The number of hydrogen-bond donors (Lipinski definition) is 2. The van der Waals surface area contributed by atoms with E-state index in [1.54, 1.807) is 13.2 Å². The first-order valence-electron chi connectivity index (χ1n) is 8.68. The van der Waals surface area contributed by atoms with Gasteiger partial charge in [0.1, 0.15) is 18.2 Å². The van der Waals surface area contributed by atoms with E-state index in [0.29, 0.717) is 26.3 Å². The molecule has 0 atom stereocenters. The lowest BCUT2D eigenvalue weighted by molar-refractivity contribution is 0.203. The molecule has 2 N–H and O–H groups in total. The van der Waals surface area contributed by atoms with E-state index in [0.717, 1.165) is 29.4 Å². The van der Waals surface area contributed by atoms with Crippen LogP contribution in [0.25, 0.3) is 0 Å². The SMILES string of the molecule is CCNC(=NCc1ccc(OCc2cccc(F)c2)cc1)NCCOC.I. The summed E-state index contributed by atoms with van der Waals surface area (Å²) < 4.78 is 23.9. The molecular formula is C20H27FIN3O2. The Morgan fingerprint density at radius 1 is 1.07 bits per heavy atom. The van der Waals surface area contributed by atoms with Gasteiger partial charge in [-0.25, -0.2) is 9.38 Å². The lowest BCUT2D eigenvalue weighted by Gasteiger charge is -2.11.